The SMILES string of the molecule is CCC1C(=O)NCCN1C(=O)c1cc(N)n[nH]1. The number of aromatic nitrogens is 2. The van der Waals surface area contributed by atoms with Crippen LogP contribution in [0, 0.1) is 0 Å². The van der Waals surface area contributed by atoms with Gasteiger partial charge in [0.2, 0.25) is 5.91 Å². The number of hydrogen-bond donors (Lipinski definition) is 3. The van der Waals surface area contributed by atoms with Crippen LogP contribution in [0.15, 0.2) is 6.07 Å². The highest BCUT2D eigenvalue weighted by Gasteiger charge is 2.32. The molecule has 1 aliphatic heterocycles. The molecular weight excluding hydrogens is 222 g/mol. The molecule has 2 heterocycles. The number of amides is 2. The smallest absolute Gasteiger partial charge is 0.272 e. The van der Waals surface area contributed by atoms with E-state index in [0.717, 1.165) is 0 Å². The van der Waals surface area contributed by atoms with Gasteiger partial charge in [0, 0.05) is 19.2 Å². The van der Waals surface area contributed by atoms with Crippen LogP contribution in [0.1, 0.15) is 23.8 Å². The third kappa shape index (κ3) is 2.08. The summed E-state index contributed by atoms with van der Waals surface area (Å²) >= 11 is 0. The predicted molar refractivity (Wildman–Crippen MR) is 61.1 cm³/mol. The number of nitrogens with two attached hydrogens (primary N) is 1. The minimum Gasteiger partial charge on any atom is -0.382 e. The fourth-order valence-corrected chi connectivity index (χ4v) is 1.97. The molecule has 1 fully saturated rings. The quantitative estimate of drug-likeness (QED) is 0.635. The van der Waals surface area contributed by atoms with E-state index in [0.29, 0.717) is 25.2 Å². The predicted octanol–water partition coefficient (Wildman–Crippen LogP) is -0.657. The van der Waals surface area contributed by atoms with Crippen LogP contribution in [0.2, 0.25) is 0 Å². The second kappa shape index (κ2) is 4.44. The summed E-state index contributed by atoms with van der Waals surface area (Å²) in [5, 5.41) is 9.01. The zero-order valence-electron chi connectivity index (χ0n) is 9.56. The van der Waals surface area contributed by atoms with Crippen LogP contribution in [0.5, 0.6) is 0 Å². The lowest BCUT2D eigenvalue weighted by Crippen LogP contribution is -2.56. The molecule has 0 saturated carbocycles. The zero-order chi connectivity index (χ0) is 12.4. The van der Waals surface area contributed by atoms with E-state index in [1.165, 1.54) is 6.07 Å². The van der Waals surface area contributed by atoms with Crippen molar-refractivity contribution in [2.45, 2.75) is 19.4 Å². The van der Waals surface area contributed by atoms with Crippen molar-refractivity contribution in [3.8, 4) is 0 Å². The molecule has 1 unspecified atom stereocenters. The molecule has 0 spiro atoms. The van der Waals surface area contributed by atoms with Crippen molar-refractivity contribution in [2.75, 3.05) is 18.8 Å². The Morgan fingerprint density at radius 1 is 1.71 bits per heavy atom. The van der Waals surface area contributed by atoms with Gasteiger partial charge in [-0.25, -0.2) is 0 Å². The summed E-state index contributed by atoms with van der Waals surface area (Å²) in [6, 6.07) is 1.06. The Bertz CT molecular complexity index is 442. The van der Waals surface area contributed by atoms with Gasteiger partial charge in [-0.2, -0.15) is 5.10 Å². The number of anilines is 1. The molecule has 2 rings (SSSR count). The molecule has 0 aromatic carbocycles. The van der Waals surface area contributed by atoms with E-state index in [1.54, 1.807) is 4.90 Å². The highest BCUT2D eigenvalue weighted by Crippen LogP contribution is 2.13. The van der Waals surface area contributed by atoms with Gasteiger partial charge in [0.1, 0.15) is 17.6 Å². The number of piperazine rings is 1. The first kappa shape index (κ1) is 11.4. The maximum Gasteiger partial charge on any atom is 0.272 e. The molecule has 2 amide bonds. The van der Waals surface area contributed by atoms with Crippen LogP contribution in [-0.4, -0.2) is 46.0 Å². The second-order valence-electron chi connectivity index (χ2n) is 3.92. The van der Waals surface area contributed by atoms with Gasteiger partial charge in [0.25, 0.3) is 5.91 Å². The summed E-state index contributed by atoms with van der Waals surface area (Å²) in [6.07, 6.45) is 0.585. The van der Waals surface area contributed by atoms with Gasteiger partial charge in [-0.15, -0.1) is 0 Å². The van der Waals surface area contributed by atoms with Gasteiger partial charge >= 0.3 is 0 Å². The molecule has 0 bridgehead atoms. The molecule has 1 aromatic heterocycles. The summed E-state index contributed by atoms with van der Waals surface area (Å²) in [7, 11) is 0. The van der Waals surface area contributed by atoms with Crippen LogP contribution >= 0.6 is 0 Å². The average Bonchev–Trinajstić information content (AvgIpc) is 2.74. The number of nitrogen functional groups attached to an aromatic ring is 1. The number of hydrogen-bond acceptors (Lipinski definition) is 4. The molecular formula is C10H15N5O2. The molecule has 17 heavy (non-hydrogen) atoms. The zero-order valence-corrected chi connectivity index (χ0v) is 9.56. The van der Waals surface area contributed by atoms with Crippen LogP contribution in [0.25, 0.3) is 0 Å². The second-order valence-corrected chi connectivity index (χ2v) is 3.92. The maximum atomic E-state index is 12.1. The number of nitrogens with one attached hydrogen (secondary N) is 2. The number of nitrogens with zero attached hydrogens (tertiary/aromatic N) is 2. The van der Waals surface area contributed by atoms with Gasteiger partial charge in [0.15, 0.2) is 0 Å². The van der Waals surface area contributed by atoms with Crippen LogP contribution in [0.3, 0.4) is 0 Å². The van der Waals surface area contributed by atoms with Gasteiger partial charge in [0.05, 0.1) is 0 Å². The van der Waals surface area contributed by atoms with Crippen molar-refractivity contribution >= 4 is 17.6 Å². The lowest BCUT2D eigenvalue weighted by Gasteiger charge is -2.34. The standard InChI is InChI=1S/C10H15N5O2/c1-2-7-9(16)12-3-4-15(7)10(17)6-5-8(11)14-13-6/h5,7H,2-4H2,1H3,(H,12,16)(H3,11,13,14). The highest BCUT2D eigenvalue weighted by atomic mass is 16.2. The van der Waals surface area contributed by atoms with Gasteiger partial charge in [-0.1, -0.05) is 6.92 Å². The number of H-pyrrole nitrogens is 1. The van der Waals surface area contributed by atoms with Crippen molar-refractivity contribution < 1.29 is 9.59 Å². The topological polar surface area (TPSA) is 104 Å². The Morgan fingerprint density at radius 2 is 2.47 bits per heavy atom. The highest BCUT2D eigenvalue weighted by molar-refractivity contribution is 5.97. The van der Waals surface area contributed by atoms with E-state index in [-0.39, 0.29) is 17.6 Å². The fourth-order valence-electron chi connectivity index (χ4n) is 1.97. The number of aromatic amines is 1. The number of carbonyl (C=O) groups excluding carboxylic acids is 2. The molecule has 7 heteroatoms. The molecule has 4 N–H and O–H groups in total. The van der Waals surface area contributed by atoms with Crippen LogP contribution < -0.4 is 11.1 Å². The van der Waals surface area contributed by atoms with Crippen molar-refractivity contribution in [3.05, 3.63) is 11.8 Å². The minimum absolute atomic E-state index is 0.111. The van der Waals surface area contributed by atoms with E-state index >= 15 is 0 Å². The molecule has 7 nitrogen and oxygen atoms in total. The van der Waals surface area contributed by atoms with Crippen molar-refractivity contribution in [2.24, 2.45) is 0 Å². The third-order valence-corrected chi connectivity index (χ3v) is 2.81. The Labute approximate surface area is 98.4 Å². The van der Waals surface area contributed by atoms with Crippen molar-refractivity contribution in [1.29, 1.82) is 0 Å². The third-order valence-electron chi connectivity index (χ3n) is 2.81. The Balaban J connectivity index is 2.20. The lowest BCUT2D eigenvalue weighted by atomic mass is 10.1. The summed E-state index contributed by atoms with van der Waals surface area (Å²) in [5.41, 5.74) is 5.76. The molecule has 1 aliphatic rings. The summed E-state index contributed by atoms with van der Waals surface area (Å²) < 4.78 is 0. The van der Waals surface area contributed by atoms with Gasteiger partial charge in [-0.3, -0.25) is 14.7 Å². The molecule has 92 valence electrons. The van der Waals surface area contributed by atoms with E-state index in [1.807, 2.05) is 6.92 Å². The number of carbonyl (C=O) groups is 2. The van der Waals surface area contributed by atoms with E-state index in [4.69, 9.17) is 5.73 Å². The first-order valence-electron chi connectivity index (χ1n) is 5.53. The average molecular weight is 237 g/mol. The van der Waals surface area contributed by atoms with Crippen molar-refractivity contribution in [1.82, 2.24) is 20.4 Å². The molecule has 1 saturated heterocycles. The van der Waals surface area contributed by atoms with E-state index in [2.05, 4.69) is 15.5 Å². The normalized spacial score (nSPS) is 20.2. The fraction of sp³-hybridized carbons (Fsp3) is 0.500. The minimum atomic E-state index is -0.416. The van der Waals surface area contributed by atoms with Gasteiger partial charge < -0.3 is 16.0 Å². The maximum absolute atomic E-state index is 12.1. The lowest BCUT2D eigenvalue weighted by molar-refractivity contribution is -0.127. The Kier molecular flexibility index (Phi) is 2.99. The monoisotopic (exact) mass is 237 g/mol. The van der Waals surface area contributed by atoms with E-state index in [9.17, 15) is 9.59 Å². The number of rotatable bonds is 2. The van der Waals surface area contributed by atoms with E-state index < -0.39 is 6.04 Å². The largest absolute Gasteiger partial charge is 0.382 e. The molecule has 0 aliphatic carbocycles. The van der Waals surface area contributed by atoms with Gasteiger partial charge in [-0.05, 0) is 6.42 Å². The van der Waals surface area contributed by atoms with Crippen molar-refractivity contribution in [3.63, 3.8) is 0 Å². The molecule has 1 aromatic rings. The van der Waals surface area contributed by atoms with Crippen LogP contribution in [0.4, 0.5) is 5.82 Å². The van der Waals surface area contributed by atoms with Crippen LogP contribution in [-0.2, 0) is 4.79 Å². The molecule has 1 atom stereocenters. The summed E-state index contributed by atoms with van der Waals surface area (Å²) in [6.45, 7) is 2.85. The molecule has 0 radical (unpaired) electrons. The first-order valence-corrected chi connectivity index (χ1v) is 5.53. The summed E-state index contributed by atoms with van der Waals surface area (Å²) in [4.78, 5) is 25.3. The summed E-state index contributed by atoms with van der Waals surface area (Å²) in [5.74, 6) is -0.0849. The Hall–Kier alpha value is -2.05. The Morgan fingerprint density at radius 3 is 3.06 bits per heavy atom. The first-order chi connectivity index (χ1) is 8.13.